The predicted octanol–water partition coefficient (Wildman–Crippen LogP) is 1.12. The van der Waals surface area contributed by atoms with Gasteiger partial charge in [0.1, 0.15) is 5.78 Å². The van der Waals surface area contributed by atoms with Crippen molar-refractivity contribution in [2.45, 2.75) is 77.8 Å². The van der Waals surface area contributed by atoms with E-state index in [0.717, 1.165) is 6.42 Å². The molecule has 2 bridgehead atoms. The van der Waals surface area contributed by atoms with Crippen LogP contribution in [0.15, 0.2) is 0 Å². The highest BCUT2D eigenvalue weighted by atomic mass is 16.3. The third-order valence-electron chi connectivity index (χ3n) is 8.95. The van der Waals surface area contributed by atoms with E-state index in [1.54, 1.807) is 0 Å². The Bertz CT molecular complexity index is 603. The molecule has 5 nitrogen and oxygen atoms in total. The zero-order chi connectivity index (χ0) is 18.5. The molecule has 0 unspecified atom stereocenters. The van der Waals surface area contributed by atoms with E-state index in [0.29, 0.717) is 19.3 Å². The van der Waals surface area contributed by atoms with Crippen molar-refractivity contribution in [2.75, 3.05) is 0 Å². The summed E-state index contributed by atoms with van der Waals surface area (Å²) in [6.45, 7) is 8.09. The number of aliphatic hydroxyl groups is 4. The van der Waals surface area contributed by atoms with Crippen LogP contribution in [0.2, 0.25) is 0 Å². The number of hydrogen-bond donors (Lipinski definition) is 4. The summed E-state index contributed by atoms with van der Waals surface area (Å²) in [4.78, 5) is 13.3. The summed E-state index contributed by atoms with van der Waals surface area (Å²) in [6.07, 6.45) is -1.09. The van der Waals surface area contributed by atoms with Gasteiger partial charge in [0.2, 0.25) is 0 Å². The lowest BCUT2D eigenvalue weighted by molar-refractivity contribution is -0.274. The molecule has 10 atom stereocenters. The molecule has 5 heteroatoms. The number of rotatable bonds is 0. The molecule has 4 aliphatic carbocycles. The van der Waals surface area contributed by atoms with E-state index in [1.807, 2.05) is 13.8 Å². The molecule has 0 radical (unpaired) electrons. The van der Waals surface area contributed by atoms with E-state index in [4.69, 9.17) is 0 Å². The normalized spacial score (nSPS) is 60.1. The molecule has 0 aliphatic heterocycles. The summed E-state index contributed by atoms with van der Waals surface area (Å²) < 4.78 is 0. The van der Waals surface area contributed by atoms with Gasteiger partial charge in [-0.3, -0.25) is 4.79 Å². The van der Waals surface area contributed by atoms with Gasteiger partial charge in [-0.25, -0.2) is 0 Å². The third-order valence-corrected chi connectivity index (χ3v) is 8.95. The Morgan fingerprint density at radius 1 is 1.00 bits per heavy atom. The van der Waals surface area contributed by atoms with Crippen LogP contribution < -0.4 is 0 Å². The van der Waals surface area contributed by atoms with E-state index < -0.39 is 41.2 Å². The second-order valence-electron chi connectivity index (χ2n) is 10.2. The first-order valence-electron chi connectivity index (χ1n) is 9.77. The molecule has 4 fully saturated rings. The van der Waals surface area contributed by atoms with Gasteiger partial charge in [-0.15, -0.1) is 0 Å². The van der Waals surface area contributed by atoms with Crippen LogP contribution in [-0.4, -0.2) is 50.6 Å². The fourth-order valence-electron chi connectivity index (χ4n) is 7.75. The second-order valence-corrected chi connectivity index (χ2v) is 10.2. The first-order chi connectivity index (χ1) is 11.5. The molecule has 0 heterocycles. The van der Waals surface area contributed by atoms with Gasteiger partial charge in [-0.1, -0.05) is 27.7 Å². The summed E-state index contributed by atoms with van der Waals surface area (Å²) in [7, 11) is 0. The summed E-state index contributed by atoms with van der Waals surface area (Å²) in [5.41, 5.74) is -2.11. The van der Waals surface area contributed by atoms with Gasteiger partial charge >= 0.3 is 0 Å². The van der Waals surface area contributed by atoms with Crippen molar-refractivity contribution in [3.8, 4) is 0 Å². The third kappa shape index (κ3) is 1.81. The van der Waals surface area contributed by atoms with Gasteiger partial charge in [0.25, 0.3) is 0 Å². The van der Waals surface area contributed by atoms with Crippen LogP contribution in [-0.2, 0) is 4.79 Å². The minimum Gasteiger partial charge on any atom is -0.393 e. The zero-order valence-corrected chi connectivity index (χ0v) is 15.6. The van der Waals surface area contributed by atoms with Crippen LogP contribution in [0.3, 0.4) is 0 Å². The summed E-state index contributed by atoms with van der Waals surface area (Å²) in [5, 5.41) is 44.3. The van der Waals surface area contributed by atoms with Crippen LogP contribution in [0.5, 0.6) is 0 Å². The van der Waals surface area contributed by atoms with E-state index in [1.165, 1.54) is 0 Å². The minimum absolute atomic E-state index is 0.00326. The van der Waals surface area contributed by atoms with Gasteiger partial charge in [-0.05, 0) is 42.9 Å². The van der Waals surface area contributed by atoms with Crippen molar-refractivity contribution in [3.05, 3.63) is 0 Å². The van der Waals surface area contributed by atoms with Crippen LogP contribution >= 0.6 is 0 Å². The number of fused-ring (bicyclic) bond motifs is 3. The maximum Gasteiger partial charge on any atom is 0.147 e. The largest absolute Gasteiger partial charge is 0.393 e. The molecular formula is C20H32O5. The number of hydrogen-bond acceptors (Lipinski definition) is 5. The second kappa shape index (κ2) is 5.06. The standard InChI is InChI=1S/C20H32O5/c1-9-10-7-11(21)15-19(4)12(18(2,3)6-5-13(19)22)8-14(23)20(15,16(9)24)17(10)25/h9-15,17,21-23,25H,5-8H2,1-4H3/t9-,10-,11-,12+,13+,14+,15-,17+,19-,20+/m0/s1. The molecule has 4 rings (SSSR count). The lowest BCUT2D eigenvalue weighted by Gasteiger charge is -2.67. The molecule has 1 spiro atoms. The molecule has 4 aliphatic rings. The van der Waals surface area contributed by atoms with E-state index in [2.05, 4.69) is 13.8 Å². The van der Waals surface area contributed by atoms with E-state index in [-0.39, 0.29) is 29.0 Å². The smallest absolute Gasteiger partial charge is 0.147 e. The van der Waals surface area contributed by atoms with Crippen LogP contribution in [0.25, 0.3) is 0 Å². The number of ketones is 1. The highest BCUT2D eigenvalue weighted by Gasteiger charge is 2.77. The SMILES string of the molecule is C[C@@H]1C(=O)[C@@]23[C@H](O)C[C@@H]4C(C)(C)CC[C@@H](O)[C@@]4(C)[C@@H]2[C@@H](O)C[C@@H]1[C@H]3O. The number of carbonyl (C=O) groups excluding carboxylic acids is 1. The monoisotopic (exact) mass is 352 g/mol. The quantitative estimate of drug-likeness (QED) is 0.524. The fraction of sp³-hybridized carbons (Fsp3) is 0.950. The summed E-state index contributed by atoms with van der Waals surface area (Å²) in [5.74, 6) is -1.39. The first-order valence-corrected chi connectivity index (χ1v) is 9.77. The Kier molecular flexibility index (Phi) is 3.62. The first kappa shape index (κ1) is 17.9. The number of Topliss-reactive ketones (excluding diaryl/α,β-unsaturated/α-hetero) is 1. The molecule has 4 saturated carbocycles. The zero-order valence-electron chi connectivity index (χ0n) is 15.6. The Labute approximate surface area is 149 Å². The highest BCUT2D eigenvalue weighted by Crippen LogP contribution is 2.71. The average molecular weight is 352 g/mol. The molecule has 25 heavy (non-hydrogen) atoms. The lowest BCUT2D eigenvalue weighted by atomic mass is 9.38. The molecule has 0 amide bonds. The summed E-state index contributed by atoms with van der Waals surface area (Å²) >= 11 is 0. The Morgan fingerprint density at radius 2 is 1.64 bits per heavy atom. The van der Waals surface area contributed by atoms with Crippen LogP contribution in [0, 0.1) is 39.9 Å². The Morgan fingerprint density at radius 3 is 2.28 bits per heavy atom. The van der Waals surface area contributed by atoms with Crippen molar-refractivity contribution < 1.29 is 25.2 Å². The fourth-order valence-corrected chi connectivity index (χ4v) is 7.75. The van der Waals surface area contributed by atoms with Crippen LogP contribution in [0.4, 0.5) is 0 Å². The average Bonchev–Trinajstić information content (AvgIpc) is 2.65. The molecule has 4 N–H and O–H groups in total. The van der Waals surface area contributed by atoms with Crippen molar-refractivity contribution >= 4 is 5.78 Å². The lowest BCUT2D eigenvalue weighted by Crippen LogP contribution is -2.72. The Balaban J connectivity index is 1.94. The van der Waals surface area contributed by atoms with Crippen molar-refractivity contribution in [2.24, 2.45) is 39.9 Å². The van der Waals surface area contributed by atoms with Gasteiger partial charge in [0, 0.05) is 17.3 Å². The number of carbonyl (C=O) groups is 1. The molecule has 0 aromatic carbocycles. The van der Waals surface area contributed by atoms with Gasteiger partial charge in [-0.2, -0.15) is 0 Å². The predicted molar refractivity (Wildman–Crippen MR) is 91.5 cm³/mol. The van der Waals surface area contributed by atoms with Crippen LogP contribution in [0.1, 0.15) is 53.4 Å². The molecule has 0 aromatic heterocycles. The Hall–Kier alpha value is -0.490. The molecular weight excluding hydrogens is 320 g/mol. The van der Waals surface area contributed by atoms with E-state index in [9.17, 15) is 25.2 Å². The van der Waals surface area contributed by atoms with Crippen molar-refractivity contribution in [3.63, 3.8) is 0 Å². The number of aliphatic hydroxyl groups excluding tert-OH is 4. The minimum atomic E-state index is -1.33. The topological polar surface area (TPSA) is 98.0 Å². The molecule has 0 saturated heterocycles. The van der Waals surface area contributed by atoms with Gasteiger partial charge < -0.3 is 20.4 Å². The summed E-state index contributed by atoms with van der Waals surface area (Å²) in [6, 6.07) is 0. The maximum absolute atomic E-state index is 13.3. The van der Waals surface area contributed by atoms with Gasteiger partial charge in [0.15, 0.2) is 0 Å². The van der Waals surface area contributed by atoms with Gasteiger partial charge in [0.05, 0.1) is 29.8 Å². The molecule has 142 valence electrons. The van der Waals surface area contributed by atoms with E-state index >= 15 is 0 Å². The van der Waals surface area contributed by atoms with Crippen molar-refractivity contribution in [1.82, 2.24) is 0 Å². The highest BCUT2D eigenvalue weighted by molar-refractivity contribution is 5.92. The maximum atomic E-state index is 13.3. The van der Waals surface area contributed by atoms with Crippen molar-refractivity contribution in [1.29, 1.82) is 0 Å². The molecule has 0 aromatic rings.